The highest BCUT2D eigenvalue weighted by Gasteiger charge is 2.31. The van der Waals surface area contributed by atoms with E-state index in [2.05, 4.69) is 13.8 Å². The molecule has 0 amide bonds. The number of hydrogen-bond acceptors (Lipinski definition) is 3. The Morgan fingerprint density at radius 2 is 1.57 bits per heavy atom. The Labute approximate surface area is 187 Å². The molecule has 8 heteroatoms. The van der Waals surface area contributed by atoms with Gasteiger partial charge in [0.15, 0.2) is 0 Å². The summed E-state index contributed by atoms with van der Waals surface area (Å²) in [6.45, 7) is 6.19. The SMILES string of the molecule is CC(C)SCCC[C@@H](C)N(c1cc(Cl)ccc1Cl)S(=O)(=O)c1ccc(Cl)cc1. The van der Waals surface area contributed by atoms with E-state index in [0.29, 0.717) is 32.4 Å². The lowest BCUT2D eigenvalue weighted by molar-refractivity contribution is 0.570. The molecule has 0 fully saturated rings. The van der Waals surface area contributed by atoms with Crippen molar-refractivity contribution in [3.8, 4) is 0 Å². The van der Waals surface area contributed by atoms with Gasteiger partial charge in [0, 0.05) is 16.1 Å². The molecule has 0 saturated carbocycles. The first-order chi connectivity index (χ1) is 13.1. The lowest BCUT2D eigenvalue weighted by atomic mass is 10.2. The monoisotopic (exact) mass is 479 g/mol. The molecule has 0 saturated heterocycles. The van der Waals surface area contributed by atoms with E-state index in [1.165, 1.54) is 16.4 Å². The van der Waals surface area contributed by atoms with Gasteiger partial charge in [0.25, 0.3) is 10.0 Å². The predicted octanol–water partition coefficient (Wildman–Crippen LogP) is 7.15. The van der Waals surface area contributed by atoms with Gasteiger partial charge < -0.3 is 0 Å². The Kier molecular flexibility index (Phi) is 8.83. The van der Waals surface area contributed by atoms with Crippen molar-refractivity contribution in [2.45, 2.75) is 49.8 Å². The predicted molar refractivity (Wildman–Crippen MR) is 124 cm³/mol. The first-order valence-corrected chi connectivity index (χ1v) is 12.6. The number of sulfonamides is 1. The van der Waals surface area contributed by atoms with Crippen LogP contribution in [0.2, 0.25) is 15.1 Å². The van der Waals surface area contributed by atoms with E-state index < -0.39 is 10.0 Å². The van der Waals surface area contributed by atoms with Crippen LogP contribution in [0.5, 0.6) is 0 Å². The first kappa shape index (κ1) is 23.7. The Morgan fingerprint density at radius 3 is 2.18 bits per heavy atom. The van der Waals surface area contributed by atoms with Crippen LogP contribution >= 0.6 is 46.6 Å². The van der Waals surface area contributed by atoms with Gasteiger partial charge >= 0.3 is 0 Å². The van der Waals surface area contributed by atoms with E-state index in [9.17, 15) is 8.42 Å². The third-order valence-electron chi connectivity index (χ3n) is 4.13. The summed E-state index contributed by atoms with van der Waals surface area (Å²) in [5.74, 6) is 0.972. The quantitative estimate of drug-likeness (QED) is 0.357. The summed E-state index contributed by atoms with van der Waals surface area (Å²) in [6.07, 6.45) is 1.60. The number of benzene rings is 2. The summed E-state index contributed by atoms with van der Waals surface area (Å²) in [5.41, 5.74) is 0.383. The standard InChI is InChI=1S/C20H24Cl3NO2S2/c1-14(2)27-12-4-5-15(3)24(20-13-17(22)8-11-19(20)23)28(25,26)18-9-6-16(21)7-10-18/h6-11,13-15H,4-5,12H2,1-3H3/t15-/m1/s1. The lowest BCUT2D eigenvalue weighted by Gasteiger charge is -2.31. The molecule has 154 valence electrons. The van der Waals surface area contributed by atoms with Crippen molar-refractivity contribution in [1.82, 2.24) is 0 Å². The number of thioether (sulfide) groups is 1. The zero-order valence-electron chi connectivity index (χ0n) is 16.0. The van der Waals surface area contributed by atoms with Crippen molar-refractivity contribution < 1.29 is 8.42 Å². The van der Waals surface area contributed by atoms with Crippen LogP contribution in [-0.4, -0.2) is 25.5 Å². The molecule has 0 bridgehead atoms. The van der Waals surface area contributed by atoms with Gasteiger partial charge in [-0.05, 0) is 73.2 Å². The van der Waals surface area contributed by atoms with E-state index >= 15 is 0 Å². The molecule has 0 heterocycles. The molecular weight excluding hydrogens is 457 g/mol. The van der Waals surface area contributed by atoms with Crippen molar-refractivity contribution in [2.24, 2.45) is 0 Å². The lowest BCUT2D eigenvalue weighted by Crippen LogP contribution is -2.39. The largest absolute Gasteiger partial charge is 0.264 e. The normalized spacial score (nSPS) is 13.0. The van der Waals surface area contributed by atoms with Gasteiger partial charge in [-0.3, -0.25) is 4.31 Å². The minimum absolute atomic E-state index is 0.163. The van der Waals surface area contributed by atoms with E-state index in [1.807, 2.05) is 18.7 Å². The first-order valence-electron chi connectivity index (χ1n) is 8.99. The fourth-order valence-corrected chi connectivity index (χ4v) is 5.85. The zero-order valence-corrected chi connectivity index (χ0v) is 19.9. The van der Waals surface area contributed by atoms with Crippen molar-refractivity contribution >= 4 is 62.3 Å². The highest BCUT2D eigenvalue weighted by Crippen LogP contribution is 2.35. The highest BCUT2D eigenvalue weighted by molar-refractivity contribution is 7.99. The van der Waals surface area contributed by atoms with Crippen molar-refractivity contribution in [3.63, 3.8) is 0 Å². The smallest absolute Gasteiger partial charge is 0.262 e. The van der Waals surface area contributed by atoms with Crippen LogP contribution in [0.4, 0.5) is 5.69 Å². The van der Waals surface area contributed by atoms with Crippen molar-refractivity contribution in [3.05, 3.63) is 57.5 Å². The Balaban J connectivity index is 2.41. The average molecular weight is 481 g/mol. The van der Waals surface area contributed by atoms with Gasteiger partial charge in [-0.1, -0.05) is 48.7 Å². The molecule has 2 rings (SSSR count). The summed E-state index contributed by atoms with van der Waals surface area (Å²) >= 11 is 20.3. The summed E-state index contributed by atoms with van der Waals surface area (Å²) in [4.78, 5) is 0.163. The maximum absolute atomic E-state index is 13.5. The number of hydrogen-bond donors (Lipinski definition) is 0. The highest BCUT2D eigenvalue weighted by atomic mass is 35.5. The van der Waals surface area contributed by atoms with Crippen LogP contribution in [0.3, 0.4) is 0 Å². The summed E-state index contributed by atoms with van der Waals surface area (Å²) < 4.78 is 28.3. The molecule has 2 aromatic carbocycles. The van der Waals surface area contributed by atoms with Crippen molar-refractivity contribution in [1.29, 1.82) is 0 Å². The van der Waals surface area contributed by atoms with E-state index in [1.54, 1.807) is 30.3 Å². The molecule has 28 heavy (non-hydrogen) atoms. The Hall–Kier alpha value is -0.590. The van der Waals surface area contributed by atoms with Crippen LogP contribution in [0.25, 0.3) is 0 Å². The third-order valence-corrected chi connectivity index (χ3v) is 8.07. The molecule has 0 aliphatic heterocycles. The van der Waals surface area contributed by atoms with Gasteiger partial charge in [-0.25, -0.2) is 8.42 Å². The molecule has 0 N–H and O–H groups in total. The van der Waals surface area contributed by atoms with Gasteiger partial charge in [-0.15, -0.1) is 0 Å². The van der Waals surface area contributed by atoms with E-state index in [0.717, 1.165) is 12.2 Å². The fraction of sp³-hybridized carbons (Fsp3) is 0.400. The van der Waals surface area contributed by atoms with Gasteiger partial charge in [0.05, 0.1) is 15.6 Å². The van der Waals surface area contributed by atoms with Crippen LogP contribution < -0.4 is 4.31 Å². The summed E-state index contributed by atoms with van der Waals surface area (Å²) in [5, 5.41) is 1.79. The molecule has 0 aromatic heterocycles. The van der Waals surface area contributed by atoms with Crippen LogP contribution in [0, 0.1) is 0 Å². The molecule has 0 spiro atoms. The number of nitrogens with zero attached hydrogens (tertiary/aromatic N) is 1. The van der Waals surface area contributed by atoms with Gasteiger partial charge in [0.1, 0.15) is 0 Å². The molecule has 0 radical (unpaired) electrons. The number of anilines is 1. The summed E-state index contributed by atoms with van der Waals surface area (Å²) in [6, 6.07) is 10.7. The van der Waals surface area contributed by atoms with Crippen molar-refractivity contribution in [2.75, 3.05) is 10.1 Å². The van der Waals surface area contributed by atoms with E-state index in [4.69, 9.17) is 34.8 Å². The molecule has 0 aliphatic rings. The third kappa shape index (κ3) is 6.20. The number of halogens is 3. The summed E-state index contributed by atoms with van der Waals surface area (Å²) in [7, 11) is -3.84. The molecule has 0 unspecified atom stereocenters. The fourth-order valence-electron chi connectivity index (χ4n) is 2.79. The molecule has 2 aromatic rings. The molecule has 0 aliphatic carbocycles. The average Bonchev–Trinajstić information content (AvgIpc) is 2.62. The second-order valence-corrected chi connectivity index (χ2v) is 11.5. The molecule has 1 atom stereocenters. The van der Waals surface area contributed by atoms with Crippen LogP contribution in [0.15, 0.2) is 47.4 Å². The number of rotatable bonds is 9. The van der Waals surface area contributed by atoms with Gasteiger partial charge in [-0.2, -0.15) is 11.8 Å². The molecular formula is C20H24Cl3NO2S2. The maximum Gasteiger partial charge on any atom is 0.264 e. The maximum atomic E-state index is 13.5. The molecule has 3 nitrogen and oxygen atoms in total. The van der Waals surface area contributed by atoms with E-state index in [-0.39, 0.29) is 10.9 Å². The minimum atomic E-state index is -3.84. The Morgan fingerprint density at radius 1 is 0.964 bits per heavy atom. The second-order valence-electron chi connectivity index (χ2n) is 6.76. The Bertz CT molecular complexity index is 887. The van der Waals surface area contributed by atoms with Gasteiger partial charge in [0.2, 0.25) is 0 Å². The second kappa shape index (κ2) is 10.4. The van der Waals surface area contributed by atoms with Crippen LogP contribution in [-0.2, 0) is 10.0 Å². The zero-order chi connectivity index (χ0) is 20.9. The van der Waals surface area contributed by atoms with Crippen LogP contribution in [0.1, 0.15) is 33.6 Å². The minimum Gasteiger partial charge on any atom is -0.262 e. The topological polar surface area (TPSA) is 37.4 Å².